The summed E-state index contributed by atoms with van der Waals surface area (Å²) in [5.41, 5.74) is 7.66. The van der Waals surface area contributed by atoms with Crippen LogP contribution in [-0.4, -0.2) is 0 Å². The molecule has 2 rings (SSSR count). The lowest BCUT2D eigenvalue weighted by Gasteiger charge is -2.37. The minimum absolute atomic E-state index is 0.137. The minimum atomic E-state index is -0.137. The van der Waals surface area contributed by atoms with Gasteiger partial charge in [-0.2, -0.15) is 0 Å². The van der Waals surface area contributed by atoms with E-state index >= 15 is 0 Å². The molecule has 82 valence electrons. The van der Waals surface area contributed by atoms with Crippen LogP contribution in [0.25, 0.3) is 0 Å². The molecular weight excluding hydrogens is 182 g/mol. The van der Waals surface area contributed by atoms with Crippen molar-refractivity contribution < 1.29 is 0 Å². The van der Waals surface area contributed by atoms with Gasteiger partial charge in [0.2, 0.25) is 0 Å². The number of hydrogen-bond acceptors (Lipinski definition) is 1. The maximum atomic E-state index is 6.51. The quantitative estimate of drug-likeness (QED) is 0.783. The lowest BCUT2D eigenvalue weighted by molar-refractivity contribution is 0.224. The Labute approximate surface area is 92.7 Å². The largest absolute Gasteiger partial charge is 0.321 e. The molecular formula is C14H21N. The van der Waals surface area contributed by atoms with Crippen molar-refractivity contribution in [3.8, 4) is 0 Å². The highest BCUT2D eigenvalue weighted by Crippen LogP contribution is 2.36. The number of benzene rings is 1. The fourth-order valence-corrected chi connectivity index (χ4v) is 2.74. The molecule has 0 spiro atoms. The molecule has 1 nitrogen and oxygen atoms in total. The van der Waals surface area contributed by atoms with E-state index in [9.17, 15) is 0 Å². The zero-order chi connectivity index (χ0) is 10.7. The molecule has 15 heavy (non-hydrogen) atoms. The molecule has 0 aromatic heterocycles. The molecule has 1 saturated carbocycles. The predicted octanol–water partition coefficient (Wildman–Crippen LogP) is 3.44. The number of rotatable bonds is 2. The molecule has 0 bridgehead atoms. The molecule has 1 aliphatic carbocycles. The van der Waals surface area contributed by atoms with E-state index in [0.717, 1.165) is 0 Å². The molecule has 0 saturated heterocycles. The first-order chi connectivity index (χ1) is 7.21. The lowest BCUT2D eigenvalue weighted by atomic mass is 9.73. The van der Waals surface area contributed by atoms with Crippen LogP contribution in [-0.2, 0) is 5.54 Å². The Kier molecular flexibility index (Phi) is 3.11. The summed E-state index contributed by atoms with van der Waals surface area (Å²) in [5.74, 6) is 0.661. The van der Waals surface area contributed by atoms with Gasteiger partial charge in [-0.3, -0.25) is 0 Å². The third-order valence-electron chi connectivity index (χ3n) is 3.85. The second kappa shape index (κ2) is 4.36. The Morgan fingerprint density at radius 3 is 2.27 bits per heavy atom. The third-order valence-corrected chi connectivity index (χ3v) is 3.85. The van der Waals surface area contributed by atoms with Gasteiger partial charge in [-0.25, -0.2) is 0 Å². The molecule has 0 heterocycles. The van der Waals surface area contributed by atoms with Crippen LogP contribution in [0.1, 0.15) is 44.6 Å². The van der Waals surface area contributed by atoms with Gasteiger partial charge < -0.3 is 5.73 Å². The molecule has 0 aliphatic heterocycles. The van der Waals surface area contributed by atoms with Crippen LogP contribution < -0.4 is 5.73 Å². The summed E-state index contributed by atoms with van der Waals surface area (Å²) in [6.07, 6.45) is 6.68. The highest BCUT2D eigenvalue weighted by molar-refractivity contribution is 5.24. The first-order valence-electron chi connectivity index (χ1n) is 6.05. The molecule has 1 aliphatic rings. The van der Waals surface area contributed by atoms with Crippen molar-refractivity contribution >= 4 is 0 Å². The van der Waals surface area contributed by atoms with E-state index in [1.807, 2.05) is 0 Å². The highest BCUT2D eigenvalue weighted by atomic mass is 14.7. The van der Waals surface area contributed by atoms with Crippen LogP contribution in [0.15, 0.2) is 30.3 Å². The van der Waals surface area contributed by atoms with Crippen LogP contribution in [0.3, 0.4) is 0 Å². The maximum absolute atomic E-state index is 6.51. The van der Waals surface area contributed by atoms with E-state index in [4.69, 9.17) is 5.73 Å². The van der Waals surface area contributed by atoms with Gasteiger partial charge in [0.05, 0.1) is 0 Å². The van der Waals surface area contributed by atoms with Crippen LogP contribution in [0.2, 0.25) is 0 Å². The smallest absolute Gasteiger partial charge is 0.0409 e. The Balaban J connectivity index is 2.18. The Morgan fingerprint density at radius 1 is 1.07 bits per heavy atom. The molecule has 1 heteroatoms. The maximum Gasteiger partial charge on any atom is 0.0409 e. The van der Waals surface area contributed by atoms with Gasteiger partial charge in [0.1, 0.15) is 0 Å². The van der Waals surface area contributed by atoms with Crippen molar-refractivity contribution in [2.45, 2.75) is 44.6 Å². The highest BCUT2D eigenvalue weighted by Gasteiger charge is 2.32. The predicted molar refractivity (Wildman–Crippen MR) is 64.6 cm³/mol. The van der Waals surface area contributed by atoms with Crippen molar-refractivity contribution in [2.75, 3.05) is 0 Å². The lowest BCUT2D eigenvalue weighted by Crippen LogP contribution is -2.42. The molecule has 1 atom stereocenters. The summed E-state index contributed by atoms with van der Waals surface area (Å²) < 4.78 is 0. The number of hydrogen-bond donors (Lipinski definition) is 1. The van der Waals surface area contributed by atoms with Crippen LogP contribution >= 0.6 is 0 Å². The second-order valence-electron chi connectivity index (χ2n) is 4.98. The molecule has 0 radical (unpaired) electrons. The molecule has 2 N–H and O–H groups in total. The van der Waals surface area contributed by atoms with Crippen molar-refractivity contribution in [3.63, 3.8) is 0 Å². The van der Waals surface area contributed by atoms with Crippen molar-refractivity contribution in [1.82, 2.24) is 0 Å². The molecule has 1 aromatic carbocycles. The molecule has 0 unspecified atom stereocenters. The van der Waals surface area contributed by atoms with Crippen molar-refractivity contribution in [2.24, 2.45) is 11.7 Å². The monoisotopic (exact) mass is 203 g/mol. The zero-order valence-electron chi connectivity index (χ0n) is 9.58. The normalized spacial score (nSPS) is 22.3. The standard InChI is InChI=1S/C14H21N/c1-14(15,12-8-4-2-5-9-12)13-10-6-3-7-11-13/h2,4-5,8-9,13H,3,6-7,10-11,15H2,1H3/t14-/m0/s1. The summed E-state index contributed by atoms with van der Waals surface area (Å²) in [5, 5.41) is 0. The first-order valence-corrected chi connectivity index (χ1v) is 6.05. The van der Waals surface area contributed by atoms with Gasteiger partial charge in [0.25, 0.3) is 0 Å². The SMILES string of the molecule is C[C@](N)(c1ccccc1)C1CCCCC1. The van der Waals surface area contributed by atoms with Gasteiger partial charge in [0.15, 0.2) is 0 Å². The van der Waals surface area contributed by atoms with E-state index in [1.54, 1.807) is 0 Å². The second-order valence-corrected chi connectivity index (χ2v) is 4.98. The van der Waals surface area contributed by atoms with E-state index in [2.05, 4.69) is 37.3 Å². The molecule has 0 amide bonds. The topological polar surface area (TPSA) is 26.0 Å². The zero-order valence-corrected chi connectivity index (χ0v) is 9.58. The summed E-state index contributed by atoms with van der Waals surface area (Å²) in [7, 11) is 0. The first kappa shape index (κ1) is 10.7. The van der Waals surface area contributed by atoms with E-state index in [0.29, 0.717) is 5.92 Å². The fraction of sp³-hybridized carbons (Fsp3) is 0.571. The van der Waals surface area contributed by atoms with E-state index in [1.165, 1.54) is 37.7 Å². The number of nitrogens with two attached hydrogens (primary N) is 1. The van der Waals surface area contributed by atoms with Gasteiger partial charge >= 0.3 is 0 Å². The van der Waals surface area contributed by atoms with Crippen molar-refractivity contribution in [3.05, 3.63) is 35.9 Å². The van der Waals surface area contributed by atoms with Crippen LogP contribution in [0.5, 0.6) is 0 Å². The van der Waals surface area contributed by atoms with E-state index in [-0.39, 0.29) is 5.54 Å². The average Bonchev–Trinajstić information content (AvgIpc) is 2.31. The van der Waals surface area contributed by atoms with Gasteiger partial charge in [-0.15, -0.1) is 0 Å². The van der Waals surface area contributed by atoms with Crippen molar-refractivity contribution in [1.29, 1.82) is 0 Å². The Hall–Kier alpha value is -0.820. The minimum Gasteiger partial charge on any atom is -0.321 e. The van der Waals surface area contributed by atoms with Gasteiger partial charge in [-0.1, -0.05) is 49.6 Å². The Bertz CT molecular complexity index is 296. The summed E-state index contributed by atoms with van der Waals surface area (Å²) >= 11 is 0. The molecule has 1 fully saturated rings. The molecule has 1 aromatic rings. The third kappa shape index (κ3) is 2.23. The van der Waals surface area contributed by atoms with Crippen LogP contribution in [0, 0.1) is 5.92 Å². The van der Waals surface area contributed by atoms with Crippen LogP contribution in [0.4, 0.5) is 0 Å². The summed E-state index contributed by atoms with van der Waals surface area (Å²) in [6.45, 7) is 2.19. The summed E-state index contributed by atoms with van der Waals surface area (Å²) in [4.78, 5) is 0. The van der Waals surface area contributed by atoms with E-state index < -0.39 is 0 Å². The Morgan fingerprint density at radius 2 is 1.67 bits per heavy atom. The van der Waals surface area contributed by atoms with Gasteiger partial charge in [0, 0.05) is 5.54 Å². The summed E-state index contributed by atoms with van der Waals surface area (Å²) in [6, 6.07) is 10.6. The average molecular weight is 203 g/mol. The fourth-order valence-electron chi connectivity index (χ4n) is 2.74. The van der Waals surface area contributed by atoms with Gasteiger partial charge in [-0.05, 0) is 31.2 Å².